The van der Waals surface area contributed by atoms with E-state index >= 15 is 0 Å². The Balaban J connectivity index is 2.28. The summed E-state index contributed by atoms with van der Waals surface area (Å²) in [6.45, 7) is 7.69. The Morgan fingerprint density at radius 2 is 2.21 bits per heavy atom. The second kappa shape index (κ2) is 8.53. The number of nitrogens with one attached hydrogen (secondary N) is 1. The molecule has 0 fully saturated rings. The summed E-state index contributed by atoms with van der Waals surface area (Å²) in [6.07, 6.45) is 0.324. The number of carbonyl (C=O) groups excluding carboxylic acids is 1. The zero-order chi connectivity index (χ0) is 14.1. The number of benzene rings is 1. The lowest BCUT2D eigenvalue weighted by Crippen LogP contribution is -2.37. The topological polar surface area (TPSA) is 47.6 Å². The number of ether oxygens (including phenoxy) is 2. The van der Waals surface area contributed by atoms with E-state index in [9.17, 15) is 4.79 Å². The maximum atomic E-state index is 11.8. The molecule has 0 aliphatic rings. The fourth-order valence-corrected chi connectivity index (χ4v) is 1.62. The van der Waals surface area contributed by atoms with Crippen LogP contribution < -0.4 is 10.1 Å². The first kappa shape index (κ1) is 15.5. The van der Waals surface area contributed by atoms with E-state index < -0.39 is 6.10 Å². The largest absolute Gasteiger partial charge is 0.481 e. The minimum absolute atomic E-state index is 0.0991. The quantitative estimate of drug-likeness (QED) is 0.734. The Bertz CT molecular complexity index is 393. The van der Waals surface area contributed by atoms with Gasteiger partial charge in [-0.1, -0.05) is 12.1 Å². The molecule has 0 spiro atoms. The maximum absolute atomic E-state index is 11.8. The highest BCUT2D eigenvalue weighted by Crippen LogP contribution is 2.14. The third kappa shape index (κ3) is 6.25. The van der Waals surface area contributed by atoms with Crippen molar-refractivity contribution in [2.75, 3.05) is 19.8 Å². The SMILES string of the molecule is CCOCCCNC(=O)C(C)Oc1cccc(C)c1. The van der Waals surface area contributed by atoms with E-state index in [1.807, 2.05) is 38.1 Å². The number of hydrogen-bond donors (Lipinski definition) is 1. The van der Waals surface area contributed by atoms with Gasteiger partial charge in [0, 0.05) is 19.8 Å². The minimum Gasteiger partial charge on any atom is -0.481 e. The lowest BCUT2D eigenvalue weighted by Gasteiger charge is -2.15. The third-order valence-electron chi connectivity index (χ3n) is 2.64. The highest BCUT2D eigenvalue weighted by atomic mass is 16.5. The highest BCUT2D eigenvalue weighted by molar-refractivity contribution is 5.80. The van der Waals surface area contributed by atoms with Crippen LogP contribution in [0.5, 0.6) is 5.75 Å². The molecule has 1 aromatic rings. The van der Waals surface area contributed by atoms with Crippen LogP contribution in [0.1, 0.15) is 25.8 Å². The van der Waals surface area contributed by atoms with Crippen LogP contribution in [0.15, 0.2) is 24.3 Å². The van der Waals surface area contributed by atoms with Crippen molar-refractivity contribution in [1.29, 1.82) is 0 Å². The lowest BCUT2D eigenvalue weighted by atomic mass is 10.2. The first-order chi connectivity index (χ1) is 9.13. The molecule has 1 N–H and O–H groups in total. The van der Waals surface area contributed by atoms with Crippen molar-refractivity contribution in [3.05, 3.63) is 29.8 Å². The summed E-state index contributed by atoms with van der Waals surface area (Å²) in [4.78, 5) is 11.8. The molecule has 1 atom stereocenters. The summed E-state index contributed by atoms with van der Waals surface area (Å²) in [7, 11) is 0. The Morgan fingerprint density at radius 1 is 1.42 bits per heavy atom. The first-order valence-corrected chi connectivity index (χ1v) is 6.72. The zero-order valence-electron chi connectivity index (χ0n) is 11.9. The molecule has 0 aliphatic heterocycles. The summed E-state index contributed by atoms with van der Waals surface area (Å²) in [5.74, 6) is 0.620. The van der Waals surface area contributed by atoms with Crippen LogP contribution in [0.4, 0.5) is 0 Å². The number of hydrogen-bond acceptors (Lipinski definition) is 3. The number of amides is 1. The molecule has 0 aromatic heterocycles. The van der Waals surface area contributed by atoms with Crippen molar-refractivity contribution in [1.82, 2.24) is 5.32 Å². The molecule has 4 heteroatoms. The van der Waals surface area contributed by atoms with E-state index in [1.54, 1.807) is 6.92 Å². The molecule has 106 valence electrons. The van der Waals surface area contributed by atoms with Crippen LogP contribution in [0.2, 0.25) is 0 Å². The van der Waals surface area contributed by atoms with Gasteiger partial charge in [0.2, 0.25) is 0 Å². The lowest BCUT2D eigenvalue weighted by molar-refractivity contribution is -0.127. The summed E-state index contributed by atoms with van der Waals surface area (Å²) in [5.41, 5.74) is 1.11. The van der Waals surface area contributed by atoms with E-state index in [-0.39, 0.29) is 5.91 Å². The van der Waals surface area contributed by atoms with Crippen LogP contribution >= 0.6 is 0 Å². The molecule has 0 saturated carbocycles. The second-order valence-electron chi connectivity index (χ2n) is 4.42. The monoisotopic (exact) mass is 265 g/mol. The van der Waals surface area contributed by atoms with Crippen molar-refractivity contribution in [2.45, 2.75) is 33.3 Å². The predicted octanol–water partition coefficient (Wildman–Crippen LogP) is 2.31. The van der Waals surface area contributed by atoms with Crippen molar-refractivity contribution < 1.29 is 14.3 Å². The normalized spacial score (nSPS) is 11.9. The van der Waals surface area contributed by atoms with Gasteiger partial charge in [-0.15, -0.1) is 0 Å². The fraction of sp³-hybridized carbons (Fsp3) is 0.533. The summed E-state index contributed by atoms with van der Waals surface area (Å²) < 4.78 is 10.8. The van der Waals surface area contributed by atoms with Crippen LogP contribution in [-0.2, 0) is 9.53 Å². The number of aryl methyl sites for hydroxylation is 1. The Hall–Kier alpha value is -1.55. The summed E-state index contributed by atoms with van der Waals surface area (Å²) in [6, 6.07) is 7.67. The van der Waals surface area contributed by atoms with E-state index in [2.05, 4.69) is 5.32 Å². The summed E-state index contributed by atoms with van der Waals surface area (Å²) >= 11 is 0. The second-order valence-corrected chi connectivity index (χ2v) is 4.42. The molecular weight excluding hydrogens is 242 g/mol. The number of carbonyl (C=O) groups is 1. The van der Waals surface area contributed by atoms with Gasteiger partial charge in [-0.3, -0.25) is 4.79 Å². The van der Waals surface area contributed by atoms with Gasteiger partial charge in [0.05, 0.1) is 0 Å². The van der Waals surface area contributed by atoms with Crippen LogP contribution in [0, 0.1) is 6.92 Å². The molecule has 1 rings (SSSR count). The third-order valence-corrected chi connectivity index (χ3v) is 2.64. The van der Waals surface area contributed by atoms with Gasteiger partial charge in [0.15, 0.2) is 6.10 Å². The molecule has 1 aromatic carbocycles. The average Bonchev–Trinajstić information content (AvgIpc) is 2.38. The Labute approximate surface area is 115 Å². The zero-order valence-corrected chi connectivity index (χ0v) is 11.9. The smallest absolute Gasteiger partial charge is 0.260 e. The van der Waals surface area contributed by atoms with Gasteiger partial charge < -0.3 is 14.8 Å². The van der Waals surface area contributed by atoms with E-state index in [4.69, 9.17) is 9.47 Å². The van der Waals surface area contributed by atoms with Crippen LogP contribution in [0.3, 0.4) is 0 Å². The van der Waals surface area contributed by atoms with E-state index in [1.165, 1.54) is 0 Å². The van der Waals surface area contributed by atoms with Gasteiger partial charge in [0.1, 0.15) is 5.75 Å². The molecule has 0 aliphatic carbocycles. The molecule has 0 heterocycles. The summed E-state index contributed by atoms with van der Waals surface area (Å²) in [5, 5.41) is 2.83. The fourth-order valence-electron chi connectivity index (χ4n) is 1.62. The van der Waals surface area contributed by atoms with Crippen LogP contribution in [0.25, 0.3) is 0 Å². The van der Waals surface area contributed by atoms with Gasteiger partial charge in [-0.05, 0) is 44.9 Å². The van der Waals surface area contributed by atoms with Gasteiger partial charge >= 0.3 is 0 Å². The van der Waals surface area contributed by atoms with Crippen molar-refractivity contribution in [2.24, 2.45) is 0 Å². The van der Waals surface area contributed by atoms with Gasteiger partial charge in [0.25, 0.3) is 5.91 Å². The average molecular weight is 265 g/mol. The molecule has 4 nitrogen and oxygen atoms in total. The molecular formula is C15H23NO3. The molecule has 0 radical (unpaired) electrons. The predicted molar refractivity (Wildman–Crippen MR) is 75.4 cm³/mol. The van der Waals surface area contributed by atoms with E-state index in [0.717, 1.165) is 17.7 Å². The number of rotatable bonds is 8. The first-order valence-electron chi connectivity index (χ1n) is 6.72. The van der Waals surface area contributed by atoms with Gasteiger partial charge in [-0.25, -0.2) is 0 Å². The van der Waals surface area contributed by atoms with Crippen molar-refractivity contribution in [3.8, 4) is 5.75 Å². The van der Waals surface area contributed by atoms with Crippen LogP contribution in [-0.4, -0.2) is 31.8 Å². The van der Waals surface area contributed by atoms with Crippen molar-refractivity contribution in [3.63, 3.8) is 0 Å². The standard InChI is InChI=1S/C15H23NO3/c1-4-18-10-6-9-16-15(17)13(3)19-14-8-5-7-12(2)11-14/h5,7-8,11,13H,4,6,9-10H2,1-3H3,(H,16,17). The highest BCUT2D eigenvalue weighted by Gasteiger charge is 2.13. The molecule has 0 saturated heterocycles. The minimum atomic E-state index is -0.492. The maximum Gasteiger partial charge on any atom is 0.260 e. The molecule has 19 heavy (non-hydrogen) atoms. The van der Waals surface area contributed by atoms with Gasteiger partial charge in [-0.2, -0.15) is 0 Å². The Morgan fingerprint density at radius 3 is 2.89 bits per heavy atom. The molecule has 1 unspecified atom stereocenters. The van der Waals surface area contributed by atoms with E-state index in [0.29, 0.717) is 19.8 Å². The Kier molecular flexibility index (Phi) is 6.97. The molecule has 0 bridgehead atoms. The van der Waals surface area contributed by atoms with Crippen molar-refractivity contribution >= 4 is 5.91 Å². The molecule has 1 amide bonds.